The first-order chi connectivity index (χ1) is 11.7. The second-order valence-electron chi connectivity index (χ2n) is 5.94. The molecule has 0 saturated heterocycles. The number of benzene rings is 2. The zero-order valence-corrected chi connectivity index (χ0v) is 13.6. The lowest BCUT2D eigenvalue weighted by Gasteiger charge is -2.11. The minimum absolute atomic E-state index is 0.159. The maximum absolute atomic E-state index is 13.8. The van der Waals surface area contributed by atoms with E-state index in [1.807, 2.05) is 25.1 Å². The Morgan fingerprint density at radius 2 is 2.00 bits per heavy atom. The molecule has 5 heteroatoms. The molecule has 0 aromatic heterocycles. The van der Waals surface area contributed by atoms with Crippen molar-refractivity contribution in [1.82, 2.24) is 10.6 Å². The monoisotopic (exact) mass is 329 g/mol. The van der Waals surface area contributed by atoms with Gasteiger partial charge in [-0.1, -0.05) is 30.3 Å². The second-order valence-corrected chi connectivity index (χ2v) is 5.94. The van der Waals surface area contributed by atoms with Crippen molar-refractivity contribution in [1.29, 1.82) is 0 Å². The van der Waals surface area contributed by atoms with E-state index in [4.69, 9.17) is 0 Å². The van der Waals surface area contributed by atoms with Gasteiger partial charge < -0.3 is 10.6 Å². The van der Waals surface area contributed by atoms with Crippen LogP contribution in [0.2, 0.25) is 0 Å². The van der Waals surface area contributed by atoms with E-state index in [0.29, 0.717) is 12.5 Å². The lowest BCUT2D eigenvalue weighted by Crippen LogP contribution is -2.39. The molecule has 2 aromatic rings. The fraction of sp³-hybridized carbons (Fsp3) is 0.316. The highest BCUT2D eigenvalue weighted by atomic mass is 19.1. The Bertz CT molecular complexity index is 730. The first-order valence-corrected chi connectivity index (χ1v) is 8.21. The molecule has 1 fully saturated rings. The molecule has 2 atom stereocenters. The molecule has 0 heterocycles. The zero-order chi connectivity index (χ0) is 16.9. The van der Waals surface area contributed by atoms with Crippen LogP contribution in [-0.4, -0.2) is 18.5 Å². The van der Waals surface area contributed by atoms with E-state index >= 15 is 0 Å². The van der Waals surface area contributed by atoms with Crippen molar-refractivity contribution < 1.29 is 8.78 Å². The van der Waals surface area contributed by atoms with Crippen LogP contribution in [0.25, 0.3) is 0 Å². The normalized spacial score (nSPS) is 19.9. The Hall–Kier alpha value is -2.43. The molecular weight excluding hydrogens is 308 g/mol. The summed E-state index contributed by atoms with van der Waals surface area (Å²) in [6, 6.07) is 13.5. The van der Waals surface area contributed by atoms with Gasteiger partial charge in [0.05, 0.1) is 6.54 Å². The van der Waals surface area contributed by atoms with Crippen LogP contribution in [0.15, 0.2) is 53.5 Å². The van der Waals surface area contributed by atoms with Crippen molar-refractivity contribution in [3.05, 3.63) is 71.3 Å². The molecule has 126 valence electrons. The van der Waals surface area contributed by atoms with Crippen LogP contribution in [0.3, 0.4) is 0 Å². The topological polar surface area (TPSA) is 36.4 Å². The molecule has 0 amide bonds. The van der Waals surface area contributed by atoms with Gasteiger partial charge in [0, 0.05) is 18.5 Å². The Labute approximate surface area is 140 Å². The van der Waals surface area contributed by atoms with Crippen molar-refractivity contribution in [2.45, 2.75) is 31.8 Å². The molecule has 2 N–H and O–H groups in total. The van der Waals surface area contributed by atoms with Crippen molar-refractivity contribution >= 4 is 5.96 Å². The zero-order valence-electron chi connectivity index (χ0n) is 13.6. The molecule has 0 spiro atoms. The van der Waals surface area contributed by atoms with Crippen LogP contribution in [0.1, 0.15) is 30.4 Å². The van der Waals surface area contributed by atoms with Gasteiger partial charge in [0.25, 0.3) is 0 Å². The van der Waals surface area contributed by atoms with Crippen molar-refractivity contribution in [2.75, 3.05) is 6.54 Å². The highest BCUT2D eigenvalue weighted by Gasteiger charge is 2.40. The summed E-state index contributed by atoms with van der Waals surface area (Å²) in [4.78, 5) is 4.49. The number of nitrogens with zero attached hydrogens (tertiary/aromatic N) is 1. The van der Waals surface area contributed by atoms with Crippen LogP contribution in [0.4, 0.5) is 8.78 Å². The third-order valence-corrected chi connectivity index (χ3v) is 4.07. The first kappa shape index (κ1) is 16.4. The van der Waals surface area contributed by atoms with Gasteiger partial charge in [-0.2, -0.15) is 0 Å². The van der Waals surface area contributed by atoms with Gasteiger partial charge in [-0.25, -0.2) is 13.8 Å². The summed E-state index contributed by atoms with van der Waals surface area (Å²) in [6.07, 6.45) is 0.880. The molecule has 3 rings (SSSR count). The molecule has 24 heavy (non-hydrogen) atoms. The van der Waals surface area contributed by atoms with E-state index in [-0.39, 0.29) is 23.6 Å². The van der Waals surface area contributed by atoms with E-state index < -0.39 is 0 Å². The number of nitrogens with one attached hydrogen (secondary N) is 2. The summed E-state index contributed by atoms with van der Waals surface area (Å²) < 4.78 is 27.1. The van der Waals surface area contributed by atoms with Crippen LogP contribution >= 0.6 is 0 Å². The fourth-order valence-corrected chi connectivity index (χ4v) is 2.78. The molecule has 1 aliphatic carbocycles. The molecule has 0 aliphatic heterocycles. The van der Waals surface area contributed by atoms with E-state index in [2.05, 4.69) is 15.6 Å². The van der Waals surface area contributed by atoms with Crippen LogP contribution in [0, 0.1) is 11.6 Å². The van der Waals surface area contributed by atoms with Gasteiger partial charge in [-0.3, -0.25) is 0 Å². The maximum atomic E-state index is 13.8. The molecule has 1 aliphatic rings. The van der Waals surface area contributed by atoms with Gasteiger partial charge in [0.2, 0.25) is 0 Å². The number of hydrogen-bond donors (Lipinski definition) is 2. The Morgan fingerprint density at radius 1 is 1.17 bits per heavy atom. The number of halogens is 2. The number of hydrogen-bond acceptors (Lipinski definition) is 1. The maximum Gasteiger partial charge on any atom is 0.191 e. The highest BCUT2D eigenvalue weighted by molar-refractivity contribution is 5.80. The van der Waals surface area contributed by atoms with Crippen molar-refractivity contribution in [3.63, 3.8) is 0 Å². The predicted molar refractivity (Wildman–Crippen MR) is 91.9 cm³/mol. The Morgan fingerprint density at radius 3 is 2.75 bits per heavy atom. The van der Waals surface area contributed by atoms with Crippen LogP contribution < -0.4 is 10.6 Å². The van der Waals surface area contributed by atoms with Gasteiger partial charge in [-0.15, -0.1) is 0 Å². The van der Waals surface area contributed by atoms with E-state index in [9.17, 15) is 8.78 Å². The smallest absolute Gasteiger partial charge is 0.191 e. The summed E-state index contributed by atoms with van der Waals surface area (Å²) in [6.45, 7) is 3.11. The third kappa shape index (κ3) is 4.10. The van der Waals surface area contributed by atoms with Gasteiger partial charge in [0.1, 0.15) is 11.6 Å². The van der Waals surface area contributed by atoms with Crippen LogP contribution in [0.5, 0.6) is 0 Å². The second kappa shape index (κ2) is 7.43. The third-order valence-electron chi connectivity index (χ3n) is 4.07. The van der Waals surface area contributed by atoms with Crippen LogP contribution in [-0.2, 0) is 6.54 Å². The Kier molecular flexibility index (Phi) is 5.08. The highest BCUT2D eigenvalue weighted by Crippen LogP contribution is 2.41. The molecule has 3 nitrogen and oxygen atoms in total. The van der Waals surface area contributed by atoms with E-state index in [1.54, 1.807) is 12.1 Å². The summed E-state index contributed by atoms with van der Waals surface area (Å²) in [5, 5.41) is 6.51. The van der Waals surface area contributed by atoms with Crippen molar-refractivity contribution in [3.8, 4) is 0 Å². The first-order valence-electron chi connectivity index (χ1n) is 8.21. The SMILES string of the molecule is CCNC(=NCc1cccc(F)c1)NC1CC1c1ccccc1F. The quantitative estimate of drug-likeness (QED) is 0.650. The number of guanidine groups is 1. The largest absolute Gasteiger partial charge is 0.357 e. The van der Waals surface area contributed by atoms with E-state index in [1.165, 1.54) is 18.2 Å². The lowest BCUT2D eigenvalue weighted by atomic mass is 10.1. The Balaban J connectivity index is 1.63. The van der Waals surface area contributed by atoms with E-state index in [0.717, 1.165) is 24.1 Å². The average Bonchev–Trinajstić information content (AvgIpc) is 3.32. The molecule has 1 saturated carbocycles. The number of rotatable bonds is 5. The fourth-order valence-electron chi connectivity index (χ4n) is 2.78. The molecule has 0 bridgehead atoms. The molecule has 0 radical (unpaired) electrons. The molecular formula is C19H21F2N3. The van der Waals surface area contributed by atoms with Gasteiger partial charge >= 0.3 is 0 Å². The lowest BCUT2D eigenvalue weighted by molar-refractivity contribution is 0.607. The van der Waals surface area contributed by atoms with Gasteiger partial charge in [-0.05, 0) is 42.7 Å². The number of aliphatic imine (C=N–C) groups is 1. The standard InChI is InChI=1S/C19H21F2N3/c1-2-22-19(23-12-13-6-5-7-14(20)10-13)24-18-11-16(18)15-8-3-4-9-17(15)21/h3-10,16,18H,2,11-12H2,1H3,(H2,22,23,24). The minimum Gasteiger partial charge on any atom is -0.357 e. The predicted octanol–water partition coefficient (Wildman–Crippen LogP) is 3.58. The van der Waals surface area contributed by atoms with Gasteiger partial charge in [0.15, 0.2) is 5.96 Å². The average molecular weight is 329 g/mol. The minimum atomic E-state index is -0.262. The molecule has 2 unspecified atom stereocenters. The summed E-state index contributed by atoms with van der Waals surface area (Å²) in [7, 11) is 0. The van der Waals surface area contributed by atoms with Crippen molar-refractivity contribution in [2.24, 2.45) is 4.99 Å². The summed E-state index contributed by atoms with van der Waals surface area (Å²) in [5.41, 5.74) is 1.56. The summed E-state index contributed by atoms with van der Waals surface area (Å²) in [5.74, 6) is 0.422. The molecule has 2 aromatic carbocycles. The summed E-state index contributed by atoms with van der Waals surface area (Å²) >= 11 is 0.